The fourth-order valence-corrected chi connectivity index (χ4v) is 19.3. The van der Waals surface area contributed by atoms with E-state index in [9.17, 15) is 0 Å². The van der Waals surface area contributed by atoms with Crippen molar-refractivity contribution in [2.45, 2.75) is 38.8 Å². The first-order valence-corrected chi connectivity index (χ1v) is 35.8. The first kappa shape index (κ1) is 55.5. The van der Waals surface area contributed by atoms with Gasteiger partial charge in [-0.15, -0.1) is 0 Å². The number of nitrogens with zero attached hydrogens (tertiary/aromatic N) is 10. The van der Waals surface area contributed by atoms with Gasteiger partial charge in [0.1, 0.15) is 0 Å². The van der Waals surface area contributed by atoms with Gasteiger partial charge in [-0.1, -0.05) is 189 Å². The predicted octanol–water partition coefficient (Wildman–Crippen LogP) is 22.7. The molecule has 8 aromatic heterocycles. The number of para-hydroxylation sites is 5. The van der Waals surface area contributed by atoms with Gasteiger partial charge in [-0.3, -0.25) is 9.13 Å². The van der Waals surface area contributed by atoms with E-state index in [1.165, 1.54) is 48.7 Å². The van der Waals surface area contributed by atoms with Crippen molar-refractivity contribution in [3.05, 3.63) is 290 Å². The minimum absolute atomic E-state index is 0.338. The van der Waals surface area contributed by atoms with Crippen molar-refractivity contribution in [1.29, 1.82) is 0 Å². The number of aromatic nitrogens is 10. The van der Waals surface area contributed by atoms with Crippen LogP contribution in [0.3, 0.4) is 0 Å². The van der Waals surface area contributed by atoms with E-state index in [-0.39, 0.29) is 5.41 Å². The molecule has 101 heavy (non-hydrogen) atoms. The van der Waals surface area contributed by atoms with Gasteiger partial charge in [0.15, 0.2) is 11.3 Å². The molecule has 1 aliphatic carbocycles. The lowest BCUT2D eigenvalue weighted by atomic mass is 9.81. The Balaban J connectivity index is 0.679. The van der Waals surface area contributed by atoms with Crippen LogP contribution in [0.5, 0.6) is 0 Å². The second-order valence-corrected chi connectivity index (χ2v) is 29.5. The zero-order chi connectivity index (χ0) is 66.1. The molecule has 23 rings (SSSR count). The number of pyridine rings is 2. The average Bonchev–Trinajstić information content (AvgIpc) is 1.60. The molecular weight excluding hydrogens is 1270 g/mol. The smallest absolute Gasteiger partial charge is 0.237 e. The molecule has 0 unspecified atom stereocenters. The van der Waals surface area contributed by atoms with Gasteiger partial charge in [-0.05, 0) is 155 Å². The van der Waals surface area contributed by atoms with Gasteiger partial charge in [0, 0.05) is 102 Å². The average molecular weight is 1330 g/mol. The predicted molar refractivity (Wildman–Crippen MR) is 413 cm³/mol. The Morgan fingerprint density at radius 1 is 0.287 bits per heavy atom. The normalized spacial score (nSPS) is 13.4. The second-order valence-electron chi connectivity index (χ2n) is 27.4. The number of benzene rings is 12. The number of hydrogen-bond donors (Lipinski definition) is 0. The Bertz CT molecular complexity index is 7120. The quantitative estimate of drug-likeness (QED) is 0.162. The standard InChI is InChI=1S/C89H52N10S2/c1-89(2)66-42-62-54-26-10-15-32-70(54)98(87-92-83-57-29-12-17-34-77(57)100-79-38-39-90-85(94-87)81(79)83)75(62)45-60(66)59-44-73-63(43-67(59)89)61-41-50(36-37-72(61)97(73)53-24-7-4-8-25-53)49-20-19-21-51(40-49)68-48-80-82-84(58-30-13-18-35-78(58)101-80)93-88(95-86(82)91-68)99-71-33-16-11-28-56(71)65-46-74-64(47-76(65)99)55-27-9-14-31-69(55)96(74)52-22-5-3-6-23-52/h3-48H,1-2H3. The van der Waals surface area contributed by atoms with E-state index in [4.69, 9.17) is 29.9 Å². The maximum Gasteiger partial charge on any atom is 0.237 e. The summed E-state index contributed by atoms with van der Waals surface area (Å²) in [6.07, 6.45) is 1.87. The molecule has 0 amide bonds. The Morgan fingerprint density at radius 3 is 1.37 bits per heavy atom. The monoisotopic (exact) mass is 1320 g/mol. The van der Waals surface area contributed by atoms with Crippen molar-refractivity contribution in [2.24, 2.45) is 0 Å². The van der Waals surface area contributed by atoms with Gasteiger partial charge < -0.3 is 9.13 Å². The first-order valence-electron chi connectivity index (χ1n) is 34.1. The molecule has 0 saturated heterocycles. The highest BCUT2D eigenvalue weighted by Gasteiger charge is 2.38. The topological polar surface area (TPSA) is 97.1 Å². The molecule has 20 aromatic rings. The third kappa shape index (κ3) is 7.74. The molecule has 0 bridgehead atoms. The minimum atomic E-state index is -0.338. The van der Waals surface area contributed by atoms with Gasteiger partial charge in [0.2, 0.25) is 11.9 Å². The zero-order valence-corrected chi connectivity index (χ0v) is 56.0. The van der Waals surface area contributed by atoms with Gasteiger partial charge in [-0.2, -0.15) is 9.97 Å². The molecule has 0 radical (unpaired) electrons. The number of rotatable bonds is 6. The third-order valence-electron chi connectivity index (χ3n) is 21.6. The van der Waals surface area contributed by atoms with Crippen LogP contribution in [0.25, 0.3) is 189 Å². The highest BCUT2D eigenvalue weighted by Crippen LogP contribution is 2.55. The molecule has 470 valence electrons. The lowest BCUT2D eigenvalue weighted by Crippen LogP contribution is -2.15. The Morgan fingerprint density at radius 2 is 0.743 bits per heavy atom. The maximum absolute atomic E-state index is 5.61. The summed E-state index contributed by atoms with van der Waals surface area (Å²) in [5.74, 6) is 1.19. The van der Waals surface area contributed by atoms with Crippen LogP contribution in [-0.4, -0.2) is 48.2 Å². The molecule has 0 fully saturated rings. The number of hydrogen-bond acceptors (Lipinski definition) is 8. The van der Waals surface area contributed by atoms with Crippen LogP contribution in [0, 0.1) is 0 Å². The molecule has 0 atom stereocenters. The van der Waals surface area contributed by atoms with Crippen molar-refractivity contribution >= 4 is 133 Å². The van der Waals surface area contributed by atoms with Gasteiger partial charge in [0.25, 0.3) is 0 Å². The summed E-state index contributed by atoms with van der Waals surface area (Å²) in [5, 5.41) is 11.3. The second kappa shape index (κ2) is 20.3. The van der Waals surface area contributed by atoms with Crippen molar-refractivity contribution < 1.29 is 0 Å². The Hall–Kier alpha value is -12.5. The molecule has 0 spiro atoms. The third-order valence-corrected chi connectivity index (χ3v) is 23.9. The fraction of sp³-hybridized carbons (Fsp3) is 0.0337. The van der Waals surface area contributed by atoms with E-state index in [0.717, 1.165) is 147 Å². The van der Waals surface area contributed by atoms with E-state index in [2.05, 4.69) is 305 Å². The largest absolute Gasteiger partial charge is 0.309 e. The van der Waals surface area contributed by atoms with E-state index < -0.39 is 0 Å². The van der Waals surface area contributed by atoms with Crippen molar-refractivity contribution in [1.82, 2.24) is 48.2 Å². The molecule has 0 N–H and O–H groups in total. The van der Waals surface area contributed by atoms with E-state index in [0.29, 0.717) is 23.2 Å². The van der Waals surface area contributed by atoms with Crippen LogP contribution in [0.4, 0.5) is 0 Å². The molecule has 2 aliphatic heterocycles. The Kier molecular flexibility index (Phi) is 11.2. The highest BCUT2D eigenvalue weighted by molar-refractivity contribution is 8.00. The van der Waals surface area contributed by atoms with Crippen LogP contribution in [0.2, 0.25) is 0 Å². The summed E-state index contributed by atoms with van der Waals surface area (Å²) in [5.41, 5.74) is 25.1. The SMILES string of the molecule is CC1(C)c2cc3c4cc(-c5cccc(-c6cc7c8c(nc(-n9c%10ccccc%10c%10cc%11c(cc%109)c9ccccc9n%11-c9ccccc9)nc8n6)-c6ccccc6S7)c5)ccc4n(-c4ccccc4)c3cc2-c2cc3c(cc21)c1ccccc1n3-c1nc2c3c(ccnc3n1)Sc1ccccc1-2. The van der Waals surface area contributed by atoms with Crippen molar-refractivity contribution in [3.8, 4) is 79.3 Å². The molecule has 0 saturated carbocycles. The summed E-state index contributed by atoms with van der Waals surface area (Å²) in [6, 6.07) is 99.5. The van der Waals surface area contributed by atoms with Gasteiger partial charge in [0.05, 0.1) is 72.0 Å². The summed E-state index contributed by atoms with van der Waals surface area (Å²) in [6.45, 7) is 4.79. The first-order chi connectivity index (χ1) is 49.8. The number of fused-ring (bicyclic) bond motifs is 19. The molecule has 12 aromatic carbocycles. The molecule has 12 heteroatoms. The van der Waals surface area contributed by atoms with Gasteiger partial charge in [-0.25, -0.2) is 19.9 Å². The Labute approximate surface area is 585 Å². The lowest BCUT2D eigenvalue weighted by Gasteiger charge is -2.22. The maximum atomic E-state index is 5.61. The van der Waals surface area contributed by atoms with Crippen LogP contribution >= 0.6 is 23.5 Å². The fourth-order valence-electron chi connectivity index (χ4n) is 17.1. The van der Waals surface area contributed by atoms with E-state index in [1.807, 2.05) is 6.20 Å². The lowest BCUT2D eigenvalue weighted by molar-refractivity contribution is 0.662. The zero-order valence-electron chi connectivity index (χ0n) is 54.3. The molecular formula is C89H52N10S2. The molecule has 10 nitrogen and oxygen atoms in total. The minimum Gasteiger partial charge on any atom is -0.309 e. The van der Waals surface area contributed by atoms with Gasteiger partial charge >= 0.3 is 0 Å². The molecule has 3 aliphatic rings. The van der Waals surface area contributed by atoms with Crippen LogP contribution in [-0.2, 0) is 5.41 Å². The molecule has 10 heterocycles. The van der Waals surface area contributed by atoms with E-state index in [1.54, 1.807) is 23.5 Å². The van der Waals surface area contributed by atoms with Crippen LogP contribution in [0.15, 0.2) is 299 Å². The van der Waals surface area contributed by atoms with Crippen LogP contribution < -0.4 is 0 Å². The summed E-state index contributed by atoms with van der Waals surface area (Å²) in [4.78, 5) is 37.0. The summed E-state index contributed by atoms with van der Waals surface area (Å²) in [7, 11) is 0. The van der Waals surface area contributed by atoms with Crippen LogP contribution in [0.1, 0.15) is 25.0 Å². The van der Waals surface area contributed by atoms with Crippen molar-refractivity contribution in [3.63, 3.8) is 0 Å². The summed E-state index contributed by atoms with van der Waals surface area (Å²) < 4.78 is 9.36. The van der Waals surface area contributed by atoms with E-state index >= 15 is 0 Å². The summed E-state index contributed by atoms with van der Waals surface area (Å²) >= 11 is 3.52. The highest BCUT2D eigenvalue weighted by atomic mass is 32.2. The van der Waals surface area contributed by atoms with Crippen molar-refractivity contribution in [2.75, 3.05) is 0 Å².